The van der Waals surface area contributed by atoms with Crippen LogP contribution in [0, 0.1) is 19.8 Å². The lowest BCUT2D eigenvalue weighted by Gasteiger charge is -2.12. The molecule has 2 amide bonds. The molecule has 0 saturated carbocycles. The van der Waals surface area contributed by atoms with Crippen molar-refractivity contribution in [2.75, 3.05) is 10.6 Å². The number of hydrogen-bond donors (Lipinski definition) is 2. The lowest BCUT2D eigenvalue weighted by Crippen LogP contribution is -2.19. The van der Waals surface area contributed by atoms with Crippen molar-refractivity contribution in [2.45, 2.75) is 27.7 Å². The fourth-order valence-electron chi connectivity index (χ4n) is 2.29. The highest BCUT2D eigenvalue weighted by molar-refractivity contribution is 6.34. The summed E-state index contributed by atoms with van der Waals surface area (Å²) in [4.78, 5) is 24.3. The molecule has 0 aromatic heterocycles. The average Bonchev–Trinajstić information content (AvgIpc) is 2.48. The van der Waals surface area contributed by atoms with Crippen LogP contribution in [0.1, 0.15) is 35.3 Å². The number of benzene rings is 2. The Morgan fingerprint density at radius 3 is 2.17 bits per heavy atom. The van der Waals surface area contributed by atoms with E-state index in [0.29, 0.717) is 16.3 Å². The third kappa shape index (κ3) is 4.59. The van der Waals surface area contributed by atoms with Gasteiger partial charge < -0.3 is 10.6 Å². The first-order valence-electron chi connectivity index (χ1n) is 7.76. The quantitative estimate of drug-likeness (QED) is 0.836. The van der Waals surface area contributed by atoms with Gasteiger partial charge in [-0.3, -0.25) is 9.59 Å². The topological polar surface area (TPSA) is 58.2 Å². The molecule has 24 heavy (non-hydrogen) atoms. The molecule has 4 nitrogen and oxygen atoms in total. The Kier molecular flexibility index (Phi) is 5.62. The Balaban J connectivity index is 2.22. The van der Waals surface area contributed by atoms with E-state index in [2.05, 4.69) is 10.6 Å². The molecular formula is C19H21ClN2O2. The Morgan fingerprint density at radius 2 is 1.58 bits per heavy atom. The maximum Gasteiger partial charge on any atom is 0.255 e. The van der Waals surface area contributed by atoms with Crippen LogP contribution >= 0.6 is 11.6 Å². The zero-order valence-corrected chi connectivity index (χ0v) is 15.0. The third-order valence-corrected chi connectivity index (χ3v) is 3.82. The number of aryl methyl sites for hydroxylation is 2. The first-order chi connectivity index (χ1) is 11.3. The van der Waals surface area contributed by atoms with Gasteiger partial charge in [0.25, 0.3) is 5.91 Å². The zero-order chi connectivity index (χ0) is 17.9. The molecule has 0 atom stereocenters. The number of anilines is 2. The van der Waals surface area contributed by atoms with E-state index < -0.39 is 0 Å². The van der Waals surface area contributed by atoms with Gasteiger partial charge in [-0.25, -0.2) is 0 Å². The molecule has 5 heteroatoms. The molecule has 2 aromatic rings. The molecular weight excluding hydrogens is 324 g/mol. The van der Waals surface area contributed by atoms with Gasteiger partial charge in [-0.1, -0.05) is 31.5 Å². The molecule has 0 saturated heterocycles. The van der Waals surface area contributed by atoms with Gasteiger partial charge in [0, 0.05) is 17.2 Å². The molecule has 2 rings (SSSR count). The molecule has 2 aromatic carbocycles. The minimum Gasteiger partial charge on any atom is -0.325 e. The summed E-state index contributed by atoms with van der Waals surface area (Å²) in [7, 11) is 0. The second kappa shape index (κ2) is 7.49. The number of hydrogen-bond acceptors (Lipinski definition) is 2. The Bertz CT molecular complexity index is 765. The number of rotatable bonds is 4. The molecule has 126 valence electrons. The molecule has 0 bridgehead atoms. The average molecular weight is 345 g/mol. The Morgan fingerprint density at radius 1 is 0.958 bits per heavy atom. The van der Waals surface area contributed by atoms with Gasteiger partial charge in [0.05, 0.1) is 10.7 Å². The van der Waals surface area contributed by atoms with E-state index in [4.69, 9.17) is 11.6 Å². The predicted molar refractivity (Wildman–Crippen MR) is 98.8 cm³/mol. The van der Waals surface area contributed by atoms with Crippen LogP contribution in [-0.2, 0) is 4.79 Å². The molecule has 0 aliphatic carbocycles. The lowest BCUT2D eigenvalue weighted by atomic mass is 10.1. The Labute approximate surface area is 147 Å². The zero-order valence-electron chi connectivity index (χ0n) is 14.2. The van der Waals surface area contributed by atoms with E-state index in [1.165, 1.54) is 0 Å². The van der Waals surface area contributed by atoms with Gasteiger partial charge >= 0.3 is 0 Å². The maximum atomic E-state index is 12.5. The number of halogens is 1. The fourth-order valence-corrected chi connectivity index (χ4v) is 2.45. The summed E-state index contributed by atoms with van der Waals surface area (Å²) >= 11 is 6.10. The number of carbonyl (C=O) groups is 2. The summed E-state index contributed by atoms with van der Waals surface area (Å²) in [6.45, 7) is 7.54. The molecule has 0 unspecified atom stereocenters. The standard InChI is InChI=1S/C19H21ClN2O2/c1-11(2)18(23)22-17-10-14(5-6-16(17)20)19(24)21-15-8-12(3)7-13(4)9-15/h5-11H,1-4H3,(H,21,24)(H,22,23). The van der Waals surface area contributed by atoms with Crippen LogP contribution in [-0.4, -0.2) is 11.8 Å². The molecule has 0 spiro atoms. The molecule has 0 heterocycles. The summed E-state index contributed by atoms with van der Waals surface area (Å²) < 4.78 is 0. The monoisotopic (exact) mass is 344 g/mol. The summed E-state index contributed by atoms with van der Waals surface area (Å²) in [6, 6.07) is 10.7. The second-order valence-corrected chi connectivity index (χ2v) is 6.58. The summed E-state index contributed by atoms with van der Waals surface area (Å²) in [5.74, 6) is -0.575. The number of amides is 2. The third-order valence-electron chi connectivity index (χ3n) is 3.49. The minimum atomic E-state index is -0.253. The predicted octanol–water partition coefficient (Wildman–Crippen LogP) is 4.80. The second-order valence-electron chi connectivity index (χ2n) is 6.17. The van der Waals surface area contributed by atoms with Crippen molar-refractivity contribution in [1.82, 2.24) is 0 Å². The highest BCUT2D eigenvalue weighted by Gasteiger charge is 2.13. The normalized spacial score (nSPS) is 10.6. The van der Waals surface area contributed by atoms with Gasteiger partial charge in [-0.15, -0.1) is 0 Å². The van der Waals surface area contributed by atoms with E-state index in [1.54, 1.807) is 32.0 Å². The first kappa shape index (κ1) is 18.0. The highest BCUT2D eigenvalue weighted by Crippen LogP contribution is 2.24. The molecule has 0 aliphatic heterocycles. The van der Waals surface area contributed by atoms with Crippen LogP contribution < -0.4 is 10.6 Å². The van der Waals surface area contributed by atoms with Crippen molar-refractivity contribution >= 4 is 34.8 Å². The van der Waals surface area contributed by atoms with E-state index in [-0.39, 0.29) is 17.7 Å². The maximum absolute atomic E-state index is 12.5. The van der Waals surface area contributed by atoms with Crippen LogP contribution in [0.2, 0.25) is 5.02 Å². The summed E-state index contributed by atoms with van der Waals surface area (Å²) in [5.41, 5.74) is 3.75. The summed E-state index contributed by atoms with van der Waals surface area (Å²) in [6.07, 6.45) is 0. The van der Waals surface area contributed by atoms with Crippen LogP contribution in [0.15, 0.2) is 36.4 Å². The van der Waals surface area contributed by atoms with E-state index in [1.807, 2.05) is 32.0 Å². The van der Waals surface area contributed by atoms with E-state index >= 15 is 0 Å². The van der Waals surface area contributed by atoms with Crippen molar-refractivity contribution < 1.29 is 9.59 Å². The minimum absolute atomic E-state index is 0.149. The van der Waals surface area contributed by atoms with Gasteiger partial charge in [0.15, 0.2) is 0 Å². The van der Waals surface area contributed by atoms with Crippen molar-refractivity contribution in [3.05, 3.63) is 58.1 Å². The molecule has 0 aliphatic rings. The fraction of sp³-hybridized carbons (Fsp3) is 0.263. The number of carbonyl (C=O) groups excluding carboxylic acids is 2. The van der Waals surface area contributed by atoms with E-state index in [9.17, 15) is 9.59 Å². The molecule has 0 radical (unpaired) electrons. The first-order valence-corrected chi connectivity index (χ1v) is 8.14. The highest BCUT2D eigenvalue weighted by atomic mass is 35.5. The van der Waals surface area contributed by atoms with Gasteiger partial charge in [-0.2, -0.15) is 0 Å². The SMILES string of the molecule is Cc1cc(C)cc(NC(=O)c2ccc(Cl)c(NC(=O)C(C)C)c2)c1. The van der Waals surface area contributed by atoms with Crippen LogP contribution in [0.4, 0.5) is 11.4 Å². The van der Waals surface area contributed by atoms with Gasteiger partial charge in [0.2, 0.25) is 5.91 Å². The van der Waals surface area contributed by atoms with E-state index in [0.717, 1.165) is 16.8 Å². The van der Waals surface area contributed by atoms with Crippen LogP contribution in [0.3, 0.4) is 0 Å². The largest absolute Gasteiger partial charge is 0.325 e. The van der Waals surface area contributed by atoms with Crippen LogP contribution in [0.25, 0.3) is 0 Å². The van der Waals surface area contributed by atoms with Crippen LogP contribution in [0.5, 0.6) is 0 Å². The van der Waals surface area contributed by atoms with Crippen molar-refractivity contribution in [2.24, 2.45) is 5.92 Å². The lowest BCUT2D eigenvalue weighted by molar-refractivity contribution is -0.118. The van der Waals surface area contributed by atoms with Crippen molar-refractivity contribution in [3.8, 4) is 0 Å². The molecule has 0 fully saturated rings. The van der Waals surface area contributed by atoms with Crippen molar-refractivity contribution in [3.63, 3.8) is 0 Å². The smallest absolute Gasteiger partial charge is 0.255 e. The summed E-state index contributed by atoms with van der Waals surface area (Å²) in [5, 5.41) is 6.00. The number of nitrogens with one attached hydrogen (secondary N) is 2. The van der Waals surface area contributed by atoms with Gasteiger partial charge in [0.1, 0.15) is 0 Å². The van der Waals surface area contributed by atoms with Gasteiger partial charge in [-0.05, 0) is 55.3 Å². The molecule has 2 N–H and O–H groups in total. The Hall–Kier alpha value is -2.33. The van der Waals surface area contributed by atoms with Crippen molar-refractivity contribution in [1.29, 1.82) is 0 Å².